The summed E-state index contributed by atoms with van der Waals surface area (Å²) in [5, 5.41) is 10.3. The molecular weight excluding hydrogens is 184 g/mol. The molecule has 1 nitrogen and oxygen atoms in total. The highest BCUT2D eigenvalue weighted by molar-refractivity contribution is 5.32. The molecule has 1 unspecified atom stereocenters. The molecule has 0 aliphatic rings. The van der Waals surface area contributed by atoms with E-state index in [1.54, 1.807) is 0 Å². The van der Waals surface area contributed by atoms with Gasteiger partial charge < -0.3 is 5.11 Å². The molecule has 0 aromatic heterocycles. The first kappa shape index (κ1) is 12.3. The van der Waals surface area contributed by atoms with Gasteiger partial charge in [0, 0.05) is 0 Å². The molecule has 0 bridgehead atoms. The number of aliphatic hydroxyl groups is 1. The third-order valence-electron chi connectivity index (χ3n) is 3.15. The number of benzene rings is 1. The van der Waals surface area contributed by atoms with Gasteiger partial charge in [-0.3, -0.25) is 0 Å². The lowest BCUT2D eigenvalue weighted by molar-refractivity contribution is 0.0453. The van der Waals surface area contributed by atoms with Crippen LogP contribution in [0.25, 0.3) is 0 Å². The highest BCUT2D eigenvalue weighted by Crippen LogP contribution is 2.27. The monoisotopic (exact) mass is 206 g/mol. The fraction of sp³-hybridized carbons (Fsp3) is 0.571. The Bertz CT molecular complexity index is 326. The Morgan fingerprint density at radius 1 is 1.20 bits per heavy atom. The van der Waals surface area contributed by atoms with Crippen LogP contribution in [0.2, 0.25) is 0 Å². The van der Waals surface area contributed by atoms with E-state index in [0.717, 1.165) is 24.8 Å². The summed E-state index contributed by atoms with van der Waals surface area (Å²) in [6, 6.07) is 6.23. The minimum absolute atomic E-state index is 0.672. The Balaban J connectivity index is 2.89. The van der Waals surface area contributed by atoms with E-state index in [9.17, 15) is 5.11 Å². The van der Waals surface area contributed by atoms with Crippen LogP contribution in [0, 0.1) is 13.8 Å². The summed E-state index contributed by atoms with van der Waals surface area (Å²) in [4.78, 5) is 0. The fourth-order valence-electron chi connectivity index (χ4n) is 1.74. The standard InChI is InChI=1S/C14H22O/c1-5-6-9-14(4,15)13-8-7-11(2)12(3)10-13/h7-8,10,15H,5-6,9H2,1-4H3. The van der Waals surface area contributed by atoms with Crippen molar-refractivity contribution in [2.24, 2.45) is 0 Å². The molecule has 84 valence electrons. The second kappa shape index (κ2) is 4.80. The van der Waals surface area contributed by atoms with Crippen LogP contribution in [0.3, 0.4) is 0 Å². The van der Waals surface area contributed by atoms with Crippen molar-refractivity contribution in [2.45, 2.75) is 52.6 Å². The van der Waals surface area contributed by atoms with E-state index in [1.165, 1.54) is 11.1 Å². The van der Waals surface area contributed by atoms with Gasteiger partial charge in [-0.05, 0) is 43.9 Å². The maximum absolute atomic E-state index is 10.3. The van der Waals surface area contributed by atoms with Crippen molar-refractivity contribution in [1.82, 2.24) is 0 Å². The second-order valence-corrected chi connectivity index (χ2v) is 4.68. The van der Waals surface area contributed by atoms with Crippen molar-refractivity contribution in [2.75, 3.05) is 0 Å². The molecule has 15 heavy (non-hydrogen) atoms. The third-order valence-corrected chi connectivity index (χ3v) is 3.15. The Morgan fingerprint density at radius 3 is 2.40 bits per heavy atom. The second-order valence-electron chi connectivity index (χ2n) is 4.68. The Kier molecular flexibility index (Phi) is 3.92. The molecule has 1 aromatic rings. The predicted molar refractivity (Wildman–Crippen MR) is 65.0 cm³/mol. The first-order valence-corrected chi connectivity index (χ1v) is 5.77. The molecule has 0 heterocycles. The minimum Gasteiger partial charge on any atom is -0.385 e. The molecule has 0 fully saturated rings. The van der Waals surface area contributed by atoms with Gasteiger partial charge in [-0.25, -0.2) is 0 Å². The Hall–Kier alpha value is -0.820. The van der Waals surface area contributed by atoms with Gasteiger partial charge in [0.15, 0.2) is 0 Å². The summed E-state index contributed by atoms with van der Waals surface area (Å²) in [5.74, 6) is 0. The van der Waals surface area contributed by atoms with Crippen LogP contribution in [-0.4, -0.2) is 5.11 Å². The number of hydrogen-bond donors (Lipinski definition) is 1. The molecule has 1 rings (SSSR count). The smallest absolute Gasteiger partial charge is 0.0868 e. The van der Waals surface area contributed by atoms with Crippen molar-refractivity contribution < 1.29 is 5.11 Å². The molecule has 1 aromatic carbocycles. The van der Waals surface area contributed by atoms with Crippen molar-refractivity contribution in [3.63, 3.8) is 0 Å². The van der Waals surface area contributed by atoms with Crippen LogP contribution < -0.4 is 0 Å². The van der Waals surface area contributed by atoms with Crippen LogP contribution in [0.4, 0.5) is 0 Å². The van der Waals surface area contributed by atoms with Gasteiger partial charge in [-0.1, -0.05) is 38.0 Å². The fourth-order valence-corrected chi connectivity index (χ4v) is 1.74. The van der Waals surface area contributed by atoms with E-state index >= 15 is 0 Å². The quantitative estimate of drug-likeness (QED) is 0.796. The normalized spacial score (nSPS) is 15.0. The first-order chi connectivity index (χ1) is 6.97. The lowest BCUT2D eigenvalue weighted by atomic mass is 9.89. The molecule has 1 heteroatoms. The van der Waals surface area contributed by atoms with Crippen molar-refractivity contribution in [3.05, 3.63) is 34.9 Å². The molecular formula is C14H22O. The molecule has 0 amide bonds. The van der Waals surface area contributed by atoms with Crippen LogP contribution >= 0.6 is 0 Å². The van der Waals surface area contributed by atoms with E-state index in [1.807, 2.05) is 13.0 Å². The molecule has 0 radical (unpaired) electrons. The molecule has 1 N–H and O–H groups in total. The highest BCUT2D eigenvalue weighted by Gasteiger charge is 2.22. The number of aryl methyl sites for hydroxylation is 2. The Labute approximate surface area is 93.1 Å². The summed E-state index contributed by atoms with van der Waals surface area (Å²) >= 11 is 0. The minimum atomic E-state index is -0.672. The number of rotatable bonds is 4. The van der Waals surface area contributed by atoms with Gasteiger partial charge in [0.25, 0.3) is 0 Å². The predicted octanol–water partition coefficient (Wildman–Crippen LogP) is 3.70. The van der Waals surface area contributed by atoms with Gasteiger partial charge in [-0.2, -0.15) is 0 Å². The van der Waals surface area contributed by atoms with Crippen molar-refractivity contribution in [1.29, 1.82) is 0 Å². The first-order valence-electron chi connectivity index (χ1n) is 5.77. The third kappa shape index (κ3) is 3.07. The molecule has 0 spiro atoms. The largest absolute Gasteiger partial charge is 0.385 e. The maximum atomic E-state index is 10.3. The van der Waals surface area contributed by atoms with Crippen LogP contribution in [0.1, 0.15) is 49.8 Å². The maximum Gasteiger partial charge on any atom is 0.0868 e. The summed E-state index contributed by atoms with van der Waals surface area (Å²) < 4.78 is 0. The Morgan fingerprint density at radius 2 is 1.87 bits per heavy atom. The van der Waals surface area contributed by atoms with E-state index in [-0.39, 0.29) is 0 Å². The zero-order valence-corrected chi connectivity index (χ0v) is 10.3. The van der Waals surface area contributed by atoms with Gasteiger partial charge in [0.2, 0.25) is 0 Å². The van der Waals surface area contributed by atoms with E-state index in [4.69, 9.17) is 0 Å². The van der Waals surface area contributed by atoms with Gasteiger partial charge >= 0.3 is 0 Å². The lowest BCUT2D eigenvalue weighted by Gasteiger charge is -2.24. The summed E-state index contributed by atoms with van der Waals surface area (Å²) in [6.07, 6.45) is 3.03. The van der Waals surface area contributed by atoms with E-state index < -0.39 is 5.60 Å². The SMILES string of the molecule is CCCCC(C)(O)c1ccc(C)c(C)c1. The zero-order valence-electron chi connectivity index (χ0n) is 10.3. The molecule has 0 saturated carbocycles. The highest BCUT2D eigenvalue weighted by atomic mass is 16.3. The topological polar surface area (TPSA) is 20.2 Å². The van der Waals surface area contributed by atoms with E-state index in [0.29, 0.717) is 0 Å². The average Bonchev–Trinajstić information content (AvgIpc) is 2.19. The molecule has 0 aliphatic carbocycles. The molecule has 1 atom stereocenters. The van der Waals surface area contributed by atoms with E-state index in [2.05, 4.69) is 32.9 Å². The van der Waals surface area contributed by atoms with Gasteiger partial charge in [0.1, 0.15) is 0 Å². The van der Waals surface area contributed by atoms with Crippen LogP contribution in [0.5, 0.6) is 0 Å². The average molecular weight is 206 g/mol. The van der Waals surface area contributed by atoms with Crippen molar-refractivity contribution in [3.8, 4) is 0 Å². The van der Waals surface area contributed by atoms with Gasteiger partial charge in [0.05, 0.1) is 5.60 Å². The molecule has 0 saturated heterocycles. The summed E-state index contributed by atoms with van der Waals surface area (Å²) in [5.41, 5.74) is 2.91. The van der Waals surface area contributed by atoms with Crippen molar-refractivity contribution >= 4 is 0 Å². The number of hydrogen-bond acceptors (Lipinski definition) is 1. The van der Waals surface area contributed by atoms with Gasteiger partial charge in [-0.15, -0.1) is 0 Å². The molecule has 0 aliphatic heterocycles. The summed E-state index contributed by atoms with van der Waals surface area (Å²) in [7, 11) is 0. The van der Waals surface area contributed by atoms with Crippen LogP contribution in [0.15, 0.2) is 18.2 Å². The zero-order chi connectivity index (χ0) is 11.5. The number of unbranched alkanes of at least 4 members (excludes halogenated alkanes) is 1. The lowest BCUT2D eigenvalue weighted by Crippen LogP contribution is -2.21. The summed E-state index contributed by atoms with van der Waals surface area (Å²) in [6.45, 7) is 8.25. The van der Waals surface area contributed by atoms with Crippen LogP contribution in [-0.2, 0) is 5.60 Å².